The highest BCUT2D eigenvalue weighted by molar-refractivity contribution is 7.92. The van der Waals surface area contributed by atoms with E-state index in [1.165, 1.54) is 12.1 Å². The molecule has 7 nitrogen and oxygen atoms in total. The van der Waals surface area contributed by atoms with Crippen molar-refractivity contribution in [3.8, 4) is 0 Å². The summed E-state index contributed by atoms with van der Waals surface area (Å²) < 4.78 is 27.3. The number of benzene rings is 1. The molecule has 134 valence electrons. The van der Waals surface area contributed by atoms with Crippen molar-refractivity contribution in [3.05, 3.63) is 41.9 Å². The molecular formula is C17H22N4O3S. The van der Waals surface area contributed by atoms with Gasteiger partial charge in [-0.25, -0.2) is 18.4 Å². The van der Waals surface area contributed by atoms with Gasteiger partial charge in [-0.05, 0) is 44.5 Å². The molecule has 1 unspecified atom stereocenters. The Labute approximate surface area is 148 Å². The van der Waals surface area contributed by atoms with Gasteiger partial charge in [-0.1, -0.05) is 13.8 Å². The summed E-state index contributed by atoms with van der Waals surface area (Å²) in [5, 5.41) is 2.76. The maximum Gasteiger partial charge on any atom is 0.263 e. The van der Waals surface area contributed by atoms with E-state index in [-0.39, 0.29) is 22.5 Å². The Kier molecular flexibility index (Phi) is 5.73. The lowest BCUT2D eigenvalue weighted by Crippen LogP contribution is -2.19. The number of anilines is 2. The Bertz CT molecular complexity index is 844. The molecule has 0 fully saturated rings. The van der Waals surface area contributed by atoms with Crippen LogP contribution in [0.15, 0.2) is 35.2 Å². The third-order valence-electron chi connectivity index (χ3n) is 3.70. The van der Waals surface area contributed by atoms with Crippen molar-refractivity contribution >= 4 is 27.4 Å². The number of hydrogen-bond acceptors (Lipinski definition) is 5. The van der Waals surface area contributed by atoms with E-state index < -0.39 is 10.0 Å². The molecule has 1 heterocycles. The molecular weight excluding hydrogens is 340 g/mol. The fourth-order valence-electron chi connectivity index (χ4n) is 2.13. The summed E-state index contributed by atoms with van der Waals surface area (Å²) in [5.41, 5.74) is 1.23. The second-order valence-electron chi connectivity index (χ2n) is 5.87. The van der Waals surface area contributed by atoms with Gasteiger partial charge in [0.15, 0.2) is 0 Å². The minimum Gasteiger partial charge on any atom is -0.326 e. The SMILES string of the molecule is CCC(C)C(=O)Nc1ccc(S(=O)(=O)Nc2cc(C)nc(C)n2)cc1. The first-order valence-corrected chi connectivity index (χ1v) is 9.45. The molecule has 2 aromatic rings. The molecule has 0 spiro atoms. The predicted octanol–water partition coefficient (Wildman–Crippen LogP) is 2.88. The molecule has 0 bridgehead atoms. The molecule has 1 atom stereocenters. The lowest BCUT2D eigenvalue weighted by atomic mass is 10.1. The molecule has 0 aliphatic rings. The van der Waals surface area contributed by atoms with Crippen molar-refractivity contribution in [2.24, 2.45) is 5.92 Å². The van der Waals surface area contributed by atoms with Gasteiger partial charge >= 0.3 is 0 Å². The van der Waals surface area contributed by atoms with E-state index in [1.807, 2.05) is 13.8 Å². The maximum absolute atomic E-state index is 12.5. The number of nitrogens with zero attached hydrogens (tertiary/aromatic N) is 2. The topological polar surface area (TPSA) is 101 Å². The van der Waals surface area contributed by atoms with Crippen LogP contribution in [0.5, 0.6) is 0 Å². The van der Waals surface area contributed by atoms with Gasteiger partial charge in [0.25, 0.3) is 10.0 Å². The molecule has 25 heavy (non-hydrogen) atoms. The third-order valence-corrected chi connectivity index (χ3v) is 5.07. The van der Waals surface area contributed by atoms with Crippen molar-refractivity contribution in [1.82, 2.24) is 9.97 Å². The van der Waals surface area contributed by atoms with Gasteiger partial charge in [-0.2, -0.15) is 0 Å². The van der Waals surface area contributed by atoms with Gasteiger partial charge in [0.05, 0.1) is 4.90 Å². The molecule has 2 rings (SSSR count). The lowest BCUT2D eigenvalue weighted by Gasteiger charge is -2.11. The largest absolute Gasteiger partial charge is 0.326 e. The van der Waals surface area contributed by atoms with Crippen molar-refractivity contribution in [1.29, 1.82) is 0 Å². The Morgan fingerprint density at radius 2 is 1.80 bits per heavy atom. The summed E-state index contributed by atoms with van der Waals surface area (Å²) in [5.74, 6) is 0.512. The van der Waals surface area contributed by atoms with Crippen LogP contribution in [0.3, 0.4) is 0 Å². The Morgan fingerprint density at radius 1 is 1.16 bits per heavy atom. The number of aromatic nitrogens is 2. The summed E-state index contributed by atoms with van der Waals surface area (Å²) in [6.45, 7) is 7.23. The van der Waals surface area contributed by atoms with E-state index in [2.05, 4.69) is 20.0 Å². The second-order valence-corrected chi connectivity index (χ2v) is 7.55. The van der Waals surface area contributed by atoms with E-state index in [0.29, 0.717) is 17.2 Å². The monoisotopic (exact) mass is 362 g/mol. The van der Waals surface area contributed by atoms with Crippen LogP contribution in [-0.2, 0) is 14.8 Å². The van der Waals surface area contributed by atoms with E-state index in [1.54, 1.807) is 32.0 Å². The van der Waals surface area contributed by atoms with Crippen LogP contribution in [0.1, 0.15) is 31.8 Å². The zero-order valence-electron chi connectivity index (χ0n) is 14.7. The molecule has 0 aliphatic carbocycles. The van der Waals surface area contributed by atoms with Gasteiger partial charge in [0, 0.05) is 23.4 Å². The van der Waals surface area contributed by atoms with Gasteiger partial charge < -0.3 is 5.32 Å². The summed E-state index contributed by atoms with van der Waals surface area (Å²) in [6.07, 6.45) is 0.736. The average Bonchev–Trinajstić information content (AvgIpc) is 2.53. The van der Waals surface area contributed by atoms with E-state index in [9.17, 15) is 13.2 Å². The van der Waals surface area contributed by atoms with Crippen molar-refractivity contribution in [2.75, 3.05) is 10.0 Å². The standard InChI is InChI=1S/C17H22N4O3S/c1-5-11(2)17(22)20-14-6-8-15(9-7-14)25(23,24)21-16-10-12(3)18-13(4)19-16/h6-11H,5H2,1-4H3,(H,20,22)(H,18,19,21). The quantitative estimate of drug-likeness (QED) is 0.823. The smallest absolute Gasteiger partial charge is 0.263 e. The molecule has 0 aliphatic heterocycles. The van der Waals surface area contributed by atoms with Crippen LogP contribution >= 0.6 is 0 Å². The normalized spacial score (nSPS) is 12.5. The first-order valence-electron chi connectivity index (χ1n) is 7.97. The zero-order valence-corrected chi connectivity index (χ0v) is 15.5. The molecule has 0 saturated heterocycles. The number of hydrogen-bond donors (Lipinski definition) is 2. The molecule has 1 aromatic heterocycles. The predicted molar refractivity (Wildman–Crippen MR) is 96.8 cm³/mol. The lowest BCUT2D eigenvalue weighted by molar-refractivity contribution is -0.119. The van der Waals surface area contributed by atoms with Crippen LogP contribution < -0.4 is 10.0 Å². The molecule has 0 radical (unpaired) electrons. The highest BCUT2D eigenvalue weighted by atomic mass is 32.2. The molecule has 0 saturated carbocycles. The molecule has 2 N–H and O–H groups in total. The van der Waals surface area contributed by atoms with Crippen LogP contribution in [0.4, 0.5) is 11.5 Å². The summed E-state index contributed by atoms with van der Waals surface area (Å²) >= 11 is 0. The average molecular weight is 362 g/mol. The maximum atomic E-state index is 12.5. The fraction of sp³-hybridized carbons (Fsp3) is 0.353. The van der Waals surface area contributed by atoms with E-state index in [0.717, 1.165) is 6.42 Å². The number of sulfonamides is 1. The summed E-state index contributed by atoms with van der Waals surface area (Å²) in [4.78, 5) is 20.1. The van der Waals surface area contributed by atoms with Crippen molar-refractivity contribution in [3.63, 3.8) is 0 Å². The zero-order chi connectivity index (χ0) is 18.6. The van der Waals surface area contributed by atoms with E-state index >= 15 is 0 Å². The van der Waals surface area contributed by atoms with Gasteiger partial charge in [0.1, 0.15) is 11.6 Å². The number of carbonyl (C=O) groups is 1. The van der Waals surface area contributed by atoms with Gasteiger partial charge in [-0.15, -0.1) is 0 Å². The second kappa shape index (κ2) is 7.60. The van der Waals surface area contributed by atoms with Crippen LogP contribution in [0.2, 0.25) is 0 Å². The highest BCUT2D eigenvalue weighted by Gasteiger charge is 2.16. The number of nitrogens with one attached hydrogen (secondary N) is 2. The third kappa shape index (κ3) is 4.99. The molecule has 8 heteroatoms. The van der Waals surface area contributed by atoms with Crippen LogP contribution in [0, 0.1) is 19.8 Å². The Morgan fingerprint density at radius 3 is 2.36 bits per heavy atom. The van der Waals surface area contributed by atoms with Gasteiger partial charge in [0.2, 0.25) is 5.91 Å². The Balaban J connectivity index is 2.16. The van der Waals surface area contributed by atoms with Crippen molar-refractivity contribution in [2.45, 2.75) is 39.0 Å². The van der Waals surface area contributed by atoms with Crippen LogP contribution in [-0.4, -0.2) is 24.3 Å². The number of carbonyl (C=O) groups excluding carboxylic acids is 1. The van der Waals surface area contributed by atoms with E-state index in [4.69, 9.17) is 0 Å². The van der Waals surface area contributed by atoms with Crippen molar-refractivity contribution < 1.29 is 13.2 Å². The fourth-order valence-corrected chi connectivity index (χ4v) is 3.13. The van der Waals surface area contributed by atoms with Crippen LogP contribution in [0.25, 0.3) is 0 Å². The van der Waals surface area contributed by atoms with Gasteiger partial charge in [-0.3, -0.25) is 9.52 Å². The minimum absolute atomic E-state index is 0.0861. The number of aryl methyl sites for hydroxylation is 2. The summed E-state index contributed by atoms with van der Waals surface area (Å²) in [6, 6.07) is 7.56. The minimum atomic E-state index is -3.77. The molecule has 1 amide bonds. The Hall–Kier alpha value is -2.48. The number of rotatable bonds is 6. The number of amides is 1. The first-order chi connectivity index (χ1) is 11.7. The summed E-state index contributed by atoms with van der Waals surface area (Å²) in [7, 11) is -3.77. The highest BCUT2D eigenvalue weighted by Crippen LogP contribution is 2.18. The first kappa shape index (κ1) is 18.9. The molecule has 1 aromatic carbocycles.